The number of alkyl halides is 2. The predicted molar refractivity (Wildman–Crippen MR) is 86.2 cm³/mol. The highest BCUT2D eigenvalue weighted by Crippen LogP contribution is 2.29. The maximum atomic E-state index is 13.1. The second kappa shape index (κ2) is 8.71. The summed E-state index contributed by atoms with van der Waals surface area (Å²) in [5.74, 6) is -4.16. The average Bonchev–Trinajstić information content (AvgIpc) is 2.45. The van der Waals surface area contributed by atoms with E-state index in [1.165, 1.54) is 0 Å². The summed E-state index contributed by atoms with van der Waals surface area (Å²) in [7, 11) is 0. The van der Waals surface area contributed by atoms with E-state index in [-0.39, 0.29) is 24.3 Å². The molecule has 1 amide bonds. The fourth-order valence-corrected chi connectivity index (χ4v) is 3.14. The Labute approximate surface area is 137 Å². The summed E-state index contributed by atoms with van der Waals surface area (Å²) in [6.45, 7) is 4.71. The molecule has 2 unspecified atom stereocenters. The summed E-state index contributed by atoms with van der Waals surface area (Å²) in [6.07, 6.45) is 5.11. The molecule has 1 fully saturated rings. The van der Waals surface area contributed by atoms with Crippen LogP contribution in [0.2, 0.25) is 0 Å². The zero-order valence-electron chi connectivity index (χ0n) is 14.4. The van der Waals surface area contributed by atoms with Gasteiger partial charge in [0.05, 0.1) is 6.04 Å². The van der Waals surface area contributed by atoms with Crippen LogP contribution < -0.4 is 11.1 Å². The van der Waals surface area contributed by atoms with E-state index in [4.69, 9.17) is 5.73 Å². The van der Waals surface area contributed by atoms with Crippen LogP contribution in [0, 0.1) is 11.8 Å². The quantitative estimate of drug-likeness (QED) is 0.717. The summed E-state index contributed by atoms with van der Waals surface area (Å²) in [5.41, 5.74) is 5.68. The molecule has 0 bridgehead atoms. The molecule has 134 valence electrons. The van der Waals surface area contributed by atoms with Crippen LogP contribution in [0.15, 0.2) is 0 Å². The molecule has 1 aliphatic carbocycles. The first-order valence-electron chi connectivity index (χ1n) is 8.58. The number of carbonyl (C=O) groups is 2. The monoisotopic (exact) mass is 332 g/mol. The minimum Gasteiger partial charge on any atom is -0.353 e. The summed E-state index contributed by atoms with van der Waals surface area (Å²) in [6, 6.07) is -1.24. The molecule has 0 aromatic rings. The van der Waals surface area contributed by atoms with Crippen molar-refractivity contribution in [1.82, 2.24) is 5.32 Å². The molecular formula is C17H30F2N2O2. The fourth-order valence-electron chi connectivity index (χ4n) is 3.14. The Hall–Kier alpha value is -1.04. The zero-order valence-corrected chi connectivity index (χ0v) is 14.4. The summed E-state index contributed by atoms with van der Waals surface area (Å²) in [5, 5.41) is 3.01. The van der Waals surface area contributed by atoms with E-state index in [2.05, 4.69) is 19.2 Å². The Morgan fingerprint density at radius 1 is 1.26 bits per heavy atom. The van der Waals surface area contributed by atoms with Crippen LogP contribution in [-0.4, -0.2) is 29.7 Å². The lowest BCUT2D eigenvalue weighted by Gasteiger charge is -2.34. The fraction of sp³-hybridized carbons (Fsp3) is 0.882. The topological polar surface area (TPSA) is 72.2 Å². The Morgan fingerprint density at radius 2 is 1.87 bits per heavy atom. The molecule has 3 atom stereocenters. The van der Waals surface area contributed by atoms with Gasteiger partial charge in [-0.05, 0) is 37.5 Å². The normalized spacial score (nSPS) is 23.6. The van der Waals surface area contributed by atoms with Gasteiger partial charge in [-0.3, -0.25) is 9.59 Å². The number of nitrogens with two attached hydrogens (primary N) is 1. The Kier molecular flexibility index (Phi) is 7.58. The highest BCUT2D eigenvalue weighted by atomic mass is 19.3. The molecule has 0 heterocycles. The van der Waals surface area contributed by atoms with Crippen LogP contribution in [0.4, 0.5) is 8.78 Å². The molecule has 0 aromatic heterocycles. The molecular weight excluding hydrogens is 302 g/mol. The molecule has 1 saturated carbocycles. The molecule has 4 nitrogen and oxygen atoms in total. The molecule has 0 spiro atoms. The molecule has 3 N–H and O–H groups in total. The van der Waals surface area contributed by atoms with Gasteiger partial charge in [-0.15, -0.1) is 0 Å². The van der Waals surface area contributed by atoms with Gasteiger partial charge in [0.2, 0.25) is 11.7 Å². The van der Waals surface area contributed by atoms with Crippen molar-refractivity contribution in [3.05, 3.63) is 0 Å². The Bertz CT molecular complexity index is 408. The first-order chi connectivity index (χ1) is 10.6. The first kappa shape index (κ1) is 20.0. The number of rotatable bonds is 8. The lowest BCUT2D eigenvalue weighted by atomic mass is 9.79. The van der Waals surface area contributed by atoms with E-state index in [1.807, 2.05) is 0 Å². The summed E-state index contributed by atoms with van der Waals surface area (Å²) < 4.78 is 26.2. The van der Waals surface area contributed by atoms with Crippen molar-refractivity contribution in [2.24, 2.45) is 17.6 Å². The zero-order chi connectivity index (χ0) is 17.6. The summed E-state index contributed by atoms with van der Waals surface area (Å²) in [4.78, 5) is 23.6. The van der Waals surface area contributed by atoms with E-state index < -0.39 is 17.7 Å². The number of nitrogens with one attached hydrogen (secondary N) is 1. The van der Waals surface area contributed by atoms with Crippen molar-refractivity contribution in [1.29, 1.82) is 0 Å². The number of hydrogen-bond donors (Lipinski definition) is 2. The molecule has 0 aromatic carbocycles. The number of ketones is 1. The second-order valence-corrected chi connectivity index (χ2v) is 7.25. The number of carbonyl (C=O) groups excluding carboxylic acids is 2. The highest BCUT2D eigenvalue weighted by Gasteiger charge is 2.38. The largest absolute Gasteiger partial charge is 0.353 e. The van der Waals surface area contributed by atoms with E-state index in [0.717, 1.165) is 32.1 Å². The van der Waals surface area contributed by atoms with E-state index >= 15 is 0 Å². The van der Waals surface area contributed by atoms with Crippen molar-refractivity contribution in [2.45, 2.75) is 83.7 Å². The van der Waals surface area contributed by atoms with Gasteiger partial charge in [0.1, 0.15) is 0 Å². The second-order valence-electron chi connectivity index (χ2n) is 7.25. The smallest absolute Gasteiger partial charge is 0.304 e. The maximum absolute atomic E-state index is 13.1. The van der Waals surface area contributed by atoms with Crippen LogP contribution in [0.25, 0.3) is 0 Å². The van der Waals surface area contributed by atoms with Gasteiger partial charge in [-0.2, -0.15) is 8.78 Å². The van der Waals surface area contributed by atoms with Gasteiger partial charge in [-0.25, -0.2) is 0 Å². The molecule has 6 heteroatoms. The summed E-state index contributed by atoms with van der Waals surface area (Å²) >= 11 is 0. The predicted octanol–water partition coefficient (Wildman–Crippen LogP) is 3.04. The first-order valence-corrected chi connectivity index (χ1v) is 8.58. The minimum absolute atomic E-state index is 0.00341. The third kappa shape index (κ3) is 6.94. The highest BCUT2D eigenvalue weighted by molar-refractivity contribution is 5.89. The van der Waals surface area contributed by atoms with Crippen LogP contribution in [0.3, 0.4) is 0 Å². The van der Waals surface area contributed by atoms with Gasteiger partial charge < -0.3 is 11.1 Å². The van der Waals surface area contributed by atoms with E-state index in [9.17, 15) is 18.4 Å². The van der Waals surface area contributed by atoms with Crippen molar-refractivity contribution < 1.29 is 18.4 Å². The maximum Gasteiger partial charge on any atom is 0.304 e. The van der Waals surface area contributed by atoms with E-state index in [1.54, 1.807) is 0 Å². The Morgan fingerprint density at radius 3 is 2.43 bits per heavy atom. The molecule has 0 aliphatic heterocycles. The van der Waals surface area contributed by atoms with Gasteiger partial charge in [0.25, 0.3) is 0 Å². The van der Waals surface area contributed by atoms with Crippen molar-refractivity contribution in [3.8, 4) is 0 Å². The van der Waals surface area contributed by atoms with Gasteiger partial charge in [0.15, 0.2) is 0 Å². The molecule has 23 heavy (non-hydrogen) atoms. The molecule has 0 radical (unpaired) electrons. The number of amides is 1. The third-order valence-electron chi connectivity index (χ3n) is 4.53. The standard InChI is InChI=1S/C17H30F2N2O2/c1-11(2)8-9-15(22)21-14-7-5-4-6-12(14)10-13(20)16(23)17(3,18)19/h11-14H,4-10,20H2,1-3H3,(H,21,22)/t12?,13-,14?/m0/s1. The number of Topliss-reactive ketones (excluding diaryl/α,β-unsaturated/α-hetero) is 1. The van der Waals surface area contributed by atoms with Crippen LogP contribution in [-0.2, 0) is 9.59 Å². The van der Waals surface area contributed by atoms with Crippen LogP contribution >= 0.6 is 0 Å². The number of hydrogen-bond acceptors (Lipinski definition) is 3. The lowest BCUT2D eigenvalue weighted by Crippen LogP contribution is -2.47. The number of halogens is 2. The molecule has 1 rings (SSSR count). The van der Waals surface area contributed by atoms with Crippen LogP contribution in [0.5, 0.6) is 0 Å². The Balaban J connectivity index is 2.57. The van der Waals surface area contributed by atoms with Crippen molar-refractivity contribution in [3.63, 3.8) is 0 Å². The van der Waals surface area contributed by atoms with Crippen molar-refractivity contribution >= 4 is 11.7 Å². The van der Waals surface area contributed by atoms with Gasteiger partial charge in [-0.1, -0.05) is 26.7 Å². The van der Waals surface area contributed by atoms with Crippen LogP contribution in [0.1, 0.15) is 65.7 Å². The SMILES string of the molecule is CC(C)CCC(=O)NC1CCCCC1C[C@H](N)C(=O)C(C)(F)F. The molecule has 0 saturated heterocycles. The van der Waals surface area contributed by atoms with Gasteiger partial charge in [0, 0.05) is 19.4 Å². The van der Waals surface area contributed by atoms with E-state index in [0.29, 0.717) is 19.3 Å². The van der Waals surface area contributed by atoms with Gasteiger partial charge >= 0.3 is 5.92 Å². The third-order valence-corrected chi connectivity index (χ3v) is 4.53. The van der Waals surface area contributed by atoms with Crippen molar-refractivity contribution in [2.75, 3.05) is 0 Å². The lowest BCUT2D eigenvalue weighted by molar-refractivity contribution is -0.142. The minimum atomic E-state index is -3.40. The average molecular weight is 332 g/mol. The molecule has 1 aliphatic rings.